The lowest BCUT2D eigenvalue weighted by Gasteiger charge is -2.10. The van der Waals surface area contributed by atoms with Crippen molar-refractivity contribution in [1.82, 2.24) is 5.32 Å². The summed E-state index contributed by atoms with van der Waals surface area (Å²) < 4.78 is 7.31. The topological polar surface area (TPSA) is 93.8 Å². The maximum atomic E-state index is 12.5. The summed E-state index contributed by atoms with van der Waals surface area (Å²) in [5, 5.41) is 14.0. The van der Waals surface area contributed by atoms with Crippen LogP contribution in [0.5, 0.6) is 5.75 Å². The van der Waals surface area contributed by atoms with Crippen LogP contribution >= 0.6 is 43.6 Å². The minimum absolute atomic E-state index is 0.0489. The Bertz CT molecular complexity index is 1300. The fourth-order valence-corrected chi connectivity index (χ4v) is 4.59. The number of carbonyl (C=O) groups excluding carboxylic acids is 1. The minimum Gasteiger partial charge on any atom is -0.488 e. The highest BCUT2D eigenvalue weighted by atomic mass is 79.9. The number of amidine groups is 1. The lowest BCUT2D eigenvalue weighted by atomic mass is 10.2. The predicted octanol–water partition coefficient (Wildman–Crippen LogP) is 6.59. The molecule has 0 aliphatic carbocycles. The number of nitro benzene ring substituents is 1. The molecule has 0 aromatic heterocycles. The first kappa shape index (κ1) is 23.2. The molecule has 7 nitrogen and oxygen atoms in total. The van der Waals surface area contributed by atoms with Crippen LogP contribution in [0.25, 0.3) is 6.08 Å². The van der Waals surface area contributed by atoms with Crippen molar-refractivity contribution >= 4 is 72.1 Å². The smallest absolute Gasteiger partial charge is 0.270 e. The number of thioether (sulfide) groups is 1. The average molecular weight is 589 g/mol. The normalized spacial score (nSPS) is 15.6. The lowest BCUT2D eigenvalue weighted by Crippen LogP contribution is -2.19. The van der Waals surface area contributed by atoms with Gasteiger partial charge in [0.05, 0.1) is 20.0 Å². The van der Waals surface area contributed by atoms with Gasteiger partial charge in [0, 0.05) is 22.2 Å². The largest absolute Gasteiger partial charge is 0.488 e. The van der Waals surface area contributed by atoms with Crippen molar-refractivity contribution < 1.29 is 14.5 Å². The molecule has 166 valence electrons. The zero-order valence-corrected chi connectivity index (χ0v) is 20.8. The number of amides is 1. The maximum absolute atomic E-state index is 12.5. The third kappa shape index (κ3) is 5.89. The number of nitro groups is 1. The number of hydrogen-bond acceptors (Lipinski definition) is 6. The number of carbonyl (C=O) groups is 1. The van der Waals surface area contributed by atoms with Gasteiger partial charge in [0.25, 0.3) is 11.6 Å². The Morgan fingerprint density at radius 3 is 2.61 bits per heavy atom. The first-order chi connectivity index (χ1) is 15.9. The molecule has 0 spiro atoms. The van der Waals surface area contributed by atoms with Crippen LogP contribution in [0.4, 0.5) is 11.4 Å². The van der Waals surface area contributed by atoms with Gasteiger partial charge in [-0.15, -0.1) is 0 Å². The average Bonchev–Trinajstić information content (AvgIpc) is 3.13. The number of aliphatic imine (C=N–C) groups is 1. The first-order valence-corrected chi connectivity index (χ1v) is 12.0. The van der Waals surface area contributed by atoms with Gasteiger partial charge in [-0.25, -0.2) is 4.99 Å². The number of hydrogen-bond donors (Lipinski definition) is 1. The molecular weight excluding hydrogens is 574 g/mol. The predicted molar refractivity (Wildman–Crippen MR) is 137 cm³/mol. The summed E-state index contributed by atoms with van der Waals surface area (Å²) in [6.45, 7) is 0.402. The number of halogens is 2. The fraction of sp³-hybridized carbons (Fsp3) is 0.0435. The Labute approximate surface area is 210 Å². The highest BCUT2D eigenvalue weighted by molar-refractivity contribution is 9.10. The summed E-state index contributed by atoms with van der Waals surface area (Å²) in [6.07, 6.45) is 1.75. The van der Waals surface area contributed by atoms with E-state index < -0.39 is 4.92 Å². The molecule has 1 aliphatic rings. The zero-order chi connectivity index (χ0) is 23.4. The Morgan fingerprint density at radius 2 is 1.88 bits per heavy atom. The molecule has 0 unspecified atom stereocenters. The summed E-state index contributed by atoms with van der Waals surface area (Å²) >= 11 is 7.94. The second-order valence-corrected chi connectivity index (χ2v) is 9.63. The molecular formula is C23H15Br2N3O4S. The molecule has 1 heterocycles. The van der Waals surface area contributed by atoms with Crippen LogP contribution < -0.4 is 10.1 Å². The molecule has 1 saturated heterocycles. The number of nitrogens with one attached hydrogen (secondary N) is 1. The van der Waals surface area contributed by atoms with E-state index in [1.807, 2.05) is 48.5 Å². The lowest BCUT2D eigenvalue weighted by molar-refractivity contribution is -0.384. The zero-order valence-electron chi connectivity index (χ0n) is 16.8. The van der Waals surface area contributed by atoms with Crippen molar-refractivity contribution in [2.24, 2.45) is 4.99 Å². The standard InChI is InChI=1S/C23H15Br2N3O4S/c24-16-6-9-20(32-13-14-4-2-1-3-5-14)15(10-16)11-21-22(29)27-23(33-21)26-19-8-7-17(28(30)31)12-18(19)25/h1-12H,13H2,(H,26,27,29)/b21-11+. The van der Waals surface area contributed by atoms with Gasteiger partial charge in [-0.3, -0.25) is 14.9 Å². The third-order valence-corrected chi connectivity index (χ3v) is 6.55. The van der Waals surface area contributed by atoms with E-state index in [4.69, 9.17) is 4.74 Å². The van der Waals surface area contributed by atoms with Crippen LogP contribution in [0, 0.1) is 10.1 Å². The first-order valence-electron chi connectivity index (χ1n) is 9.59. The molecule has 1 amide bonds. The quantitative estimate of drug-likeness (QED) is 0.199. The highest BCUT2D eigenvalue weighted by Gasteiger charge is 2.25. The van der Waals surface area contributed by atoms with E-state index >= 15 is 0 Å². The second-order valence-electron chi connectivity index (χ2n) is 6.83. The molecule has 0 saturated carbocycles. The number of rotatable bonds is 6. The molecule has 33 heavy (non-hydrogen) atoms. The minimum atomic E-state index is -0.482. The molecule has 1 N–H and O–H groups in total. The summed E-state index contributed by atoms with van der Waals surface area (Å²) in [4.78, 5) is 27.8. The summed E-state index contributed by atoms with van der Waals surface area (Å²) in [5.74, 6) is 0.359. The number of ether oxygens (including phenoxy) is 1. The number of benzene rings is 3. The highest BCUT2D eigenvalue weighted by Crippen LogP contribution is 2.34. The van der Waals surface area contributed by atoms with Crippen LogP contribution in [0.1, 0.15) is 11.1 Å². The Hall–Kier alpha value is -2.95. The summed E-state index contributed by atoms with van der Waals surface area (Å²) in [7, 11) is 0. The second kappa shape index (κ2) is 10.3. The van der Waals surface area contributed by atoms with Gasteiger partial charge in [0.15, 0.2) is 5.17 Å². The summed E-state index contributed by atoms with van der Waals surface area (Å²) in [6, 6.07) is 19.7. The van der Waals surface area contributed by atoms with Gasteiger partial charge in [0.2, 0.25) is 0 Å². The van der Waals surface area contributed by atoms with Gasteiger partial charge in [0.1, 0.15) is 12.4 Å². The van der Waals surface area contributed by atoms with Crippen molar-refractivity contribution in [3.05, 3.63) is 102 Å². The van der Waals surface area contributed by atoms with E-state index in [2.05, 4.69) is 42.2 Å². The van der Waals surface area contributed by atoms with Crippen LogP contribution in [-0.2, 0) is 11.4 Å². The van der Waals surface area contributed by atoms with Gasteiger partial charge in [-0.2, -0.15) is 0 Å². The van der Waals surface area contributed by atoms with Gasteiger partial charge in [-0.05, 0) is 63.6 Å². The fourth-order valence-electron chi connectivity index (χ4n) is 2.93. The molecule has 0 radical (unpaired) electrons. The molecule has 4 rings (SSSR count). The molecule has 1 fully saturated rings. The van der Waals surface area contributed by atoms with E-state index in [0.717, 1.165) is 15.6 Å². The van der Waals surface area contributed by atoms with Crippen LogP contribution in [0.2, 0.25) is 0 Å². The van der Waals surface area contributed by atoms with E-state index in [0.29, 0.717) is 32.6 Å². The van der Waals surface area contributed by atoms with Crippen molar-refractivity contribution in [1.29, 1.82) is 0 Å². The van der Waals surface area contributed by atoms with Crippen LogP contribution in [-0.4, -0.2) is 16.0 Å². The Balaban J connectivity index is 1.56. The maximum Gasteiger partial charge on any atom is 0.270 e. The van der Waals surface area contributed by atoms with Crippen molar-refractivity contribution in [2.45, 2.75) is 6.61 Å². The van der Waals surface area contributed by atoms with Crippen molar-refractivity contribution in [3.63, 3.8) is 0 Å². The van der Waals surface area contributed by atoms with E-state index in [1.165, 1.54) is 30.0 Å². The monoisotopic (exact) mass is 587 g/mol. The summed E-state index contributed by atoms with van der Waals surface area (Å²) in [5.41, 5.74) is 2.21. The van der Waals surface area contributed by atoms with Gasteiger partial charge in [-0.1, -0.05) is 46.3 Å². The molecule has 1 aliphatic heterocycles. The van der Waals surface area contributed by atoms with Crippen molar-refractivity contribution in [2.75, 3.05) is 0 Å². The SMILES string of the molecule is O=C1NC(=Nc2ccc([N+](=O)[O-])cc2Br)S/C1=C/c1cc(Br)ccc1OCc1ccccc1. The van der Waals surface area contributed by atoms with E-state index in [-0.39, 0.29) is 11.6 Å². The molecule has 10 heteroatoms. The molecule has 3 aromatic carbocycles. The van der Waals surface area contributed by atoms with Gasteiger partial charge >= 0.3 is 0 Å². The van der Waals surface area contributed by atoms with Gasteiger partial charge < -0.3 is 10.1 Å². The van der Waals surface area contributed by atoms with Crippen LogP contribution in [0.15, 0.2) is 85.6 Å². The molecule has 3 aromatic rings. The molecule has 0 atom stereocenters. The third-order valence-electron chi connectivity index (χ3n) is 4.51. The number of nitrogens with zero attached hydrogens (tertiary/aromatic N) is 2. The van der Waals surface area contributed by atoms with E-state index in [1.54, 1.807) is 6.08 Å². The Morgan fingerprint density at radius 1 is 1.09 bits per heavy atom. The van der Waals surface area contributed by atoms with Crippen molar-refractivity contribution in [3.8, 4) is 5.75 Å². The number of non-ortho nitro benzene ring substituents is 1. The molecule has 0 bridgehead atoms. The Kier molecular flexibility index (Phi) is 7.26. The van der Waals surface area contributed by atoms with Crippen LogP contribution in [0.3, 0.4) is 0 Å². The van der Waals surface area contributed by atoms with E-state index in [9.17, 15) is 14.9 Å².